The molecule has 0 aliphatic rings. The Balaban J connectivity index is 2.83. The summed E-state index contributed by atoms with van der Waals surface area (Å²) in [5, 5.41) is 3.12. The Morgan fingerprint density at radius 1 is 1.20 bits per heavy atom. The van der Waals surface area contributed by atoms with E-state index in [1.165, 1.54) is 14.2 Å². The SMILES string of the molecule is COc1cc(NC(=O)COC(C)(C)C)c(OC)cc1Cl. The van der Waals surface area contributed by atoms with Gasteiger partial charge in [-0.05, 0) is 20.8 Å². The Labute approximate surface area is 124 Å². The molecule has 1 rings (SSSR count). The summed E-state index contributed by atoms with van der Waals surface area (Å²) in [6.07, 6.45) is 0. The Kier molecular flexibility index (Phi) is 5.65. The van der Waals surface area contributed by atoms with Gasteiger partial charge in [0.2, 0.25) is 0 Å². The van der Waals surface area contributed by atoms with Crippen LogP contribution in [0.15, 0.2) is 12.1 Å². The van der Waals surface area contributed by atoms with Gasteiger partial charge in [0.25, 0.3) is 5.91 Å². The first-order valence-corrected chi connectivity index (χ1v) is 6.50. The minimum atomic E-state index is -0.376. The number of rotatable bonds is 5. The lowest BCUT2D eigenvalue weighted by molar-refractivity contribution is -0.125. The highest BCUT2D eigenvalue weighted by atomic mass is 35.5. The van der Waals surface area contributed by atoms with Gasteiger partial charge in [0.1, 0.15) is 18.1 Å². The summed E-state index contributed by atoms with van der Waals surface area (Å²) in [7, 11) is 3.00. The molecule has 1 aromatic rings. The standard InChI is InChI=1S/C14H20ClNO4/c1-14(2,3)20-8-13(17)16-10-7-11(18-4)9(15)6-12(10)19-5/h6-7H,8H2,1-5H3,(H,16,17). The van der Waals surface area contributed by atoms with Gasteiger partial charge in [0, 0.05) is 12.1 Å². The third-order valence-electron chi connectivity index (χ3n) is 2.38. The van der Waals surface area contributed by atoms with E-state index in [1.54, 1.807) is 12.1 Å². The third-order valence-corrected chi connectivity index (χ3v) is 2.68. The van der Waals surface area contributed by atoms with Crippen molar-refractivity contribution in [3.8, 4) is 11.5 Å². The zero-order chi connectivity index (χ0) is 15.3. The fraction of sp³-hybridized carbons (Fsp3) is 0.500. The molecule has 0 bridgehead atoms. The van der Waals surface area contributed by atoms with Crippen LogP contribution in [0.5, 0.6) is 11.5 Å². The van der Waals surface area contributed by atoms with Gasteiger partial charge in [0.05, 0.1) is 30.5 Å². The van der Waals surface area contributed by atoms with E-state index in [4.69, 9.17) is 25.8 Å². The molecular formula is C14H20ClNO4. The van der Waals surface area contributed by atoms with Gasteiger partial charge in [0.15, 0.2) is 0 Å². The number of halogens is 1. The number of benzene rings is 1. The molecule has 0 saturated heterocycles. The maximum absolute atomic E-state index is 11.8. The maximum atomic E-state index is 11.8. The quantitative estimate of drug-likeness (QED) is 0.908. The number of hydrogen-bond donors (Lipinski definition) is 1. The first kappa shape index (κ1) is 16.6. The number of ether oxygens (including phenoxy) is 3. The molecule has 5 nitrogen and oxygen atoms in total. The van der Waals surface area contributed by atoms with Crippen LogP contribution in [0.3, 0.4) is 0 Å². The fourth-order valence-electron chi connectivity index (χ4n) is 1.43. The number of hydrogen-bond acceptors (Lipinski definition) is 4. The second kappa shape index (κ2) is 6.81. The third kappa shape index (κ3) is 4.90. The van der Waals surface area contributed by atoms with Crippen LogP contribution in [0.4, 0.5) is 5.69 Å². The molecule has 0 spiro atoms. The van der Waals surface area contributed by atoms with Crippen molar-refractivity contribution in [1.29, 1.82) is 0 Å². The second-order valence-electron chi connectivity index (χ2n) is 5.14. The molecule has 112 valence electrons. The van der Waals surface area contributed by atoms with Crippen molar-refractivity contribution in [2.75, 3.05) is 26.1 Å². The van der Waals surface area contributed by atoms with Gasteiger partial charge in [-0.1, -0.05) is 11.6 Å². The Morgan fingerprint density at radius 3 is 2.30 bits per heavy atom. The molecule has 1 N–H and O–H groups in total. The zero-order valence-corrected chi connectivity index (χ0v) is 13.1. The van der Waals surface area contributed by atoms with Crippen molar-refractivity contribution >= 4 is 23.2 Å². The van der Waals surface area contributed by atoms with E-state index >= 15 is 0 Å². The molecule has 0 fully saturated rings. The van der Waals surface area contributed by atoms with Gasteiger partial charge < -0.3 is 19.5 Å². The van der Waals surface area contributed by atoms with E-state index in [2.05, 4.69) is 5.32 Å². The highest BCUT2D eigenvalue weighted by Crippen LogP contribution is 2.35. The van der Waals surface area contributed by atoms with Crippen molar-refractivity contribution in [3.63, 3.8) is 0 Å². The minimum Gasteiger partial charge on any atom is -0.495 e. The summed E-state index contributed by atoms with van der Waals surface area (Å²) in [6, 6.07) is 3.19. The second-order valence-corrected chi connectivity index (χ2v) is 5.54. The molecule has 20 heavy (non-hydrogen) atoms. The monoisotopic (exact) mass is 301 g/mol. The van der Waals surface area contributed by atoms with Crippen LogP contribution in [0.2, 0.25) is 5.02 Å². The average molecular weight is 302 g/mol. The molecule has 0 atom stereocenters. The van der Waals surface area contributed by atoms with Crippen LogP contribution in [0.1, 0.15) is 20.8 Å². The fourth-order valence-corrected chi connectivity index (χ4v) is 1.66. The predicted molar refractivity (Wildman–Crippen MR) is 78.9 cm³/mol. The molecule has 0 unspecified atom stereocenters. The number of amides is 1. The topological polar surface area (TPSA) is 56.8 Å². The summed E-state index contributed by atoms with van der Waals surface area (Å²) >= 11 is 6.00. The Morgan fingerprint density at radius 2 is 1.80 bits per heavy atom. The summed E-state index contributed by atoms with van der Waals surface area (Å²) in [5.41, 5.74) is 0.107. The molecule has 1 aromatic carbocycles. The van der Waals surface area contributed by atoms with E-state index in [0.717, 1.165) is 0 Å². The van der Waals surface area contributed by atoms with Crippen molar-refractivity contribution in [3.05, 3.63) is 17.2 Å². The number of carbonyl (C=O) groups is 1. The van der Waals surface area contributed by atoms with Crippen molar-refractivity contribution < 1.29 is 19.0 Å². The number of methoxy groups -OCH3 is 2. The molecule has 1 amide bonds. The summed E-state index contributed by atoms with van der Waals surface area (Å²) in [4.78, 5) is 11.8. The Hall–Kier alpha value is -1.46. The van der Waals surface area contributed by atoms with E-state index in [1.807, 2.05) is 20.8 Å². The Bertz CT molecular complexity index is 483. The number of anilines is 1. The van der Waals surface area contributed by atoms with Crippen molar-refractivity contribution in [2.45, 2.75) is 26.4 Å². The van der Waals surface area contributed by atoms with Crippen LogP contribution in [-0.4, -0.2) is 32.3 Å². The van der Waals surface area contributed by atoms with Crippen LogP contribution >= 0.6 is 11.6 Å². The van der Waals surface area contributed by atoms with Crippen LogP contribution in [0.25, 0.3) is 0 Å². The summed E-state index contributed by atoms with van der Waals surface area (Å²) in [6.45, 7) is 5.60. The summed E-state index contributed by atoms with van der Waals surface area (Å²) < 4.78 is 15.7. The van der Waals surface area contributed by atoms with Gasteiger partial charge in [-0.15, -0.1) is 0 Å². The predicted octanol–water partition coefficient (Wildman–Crippen LogP) is 3.11. The largest absolute Gasteiger partial charge is 0.495 e. The van der Waals surface area contributed by atoms with Crippen molar-refractivity contribution in [2.24, 2.45) is 0 Å². The van der Waals surface area contributed by atoms with Gasteiger partial charge in [-0.25, -0.2) is 0 Å². The average Bonchev–Trinajstić information content (AvgIpc) is 2.37. The highest BCUT2D eigenvalue weighted by Gasteiger charge is 2.15. The van der Waals surface area contributed by atoms with E-state index < -0.39 is 0 Å². The van der Waals surface area contributed by atoms with Crippen LogP contribution in [-0.2, 0) is 9.53 Å². The van der Waals surface area contributed by atoms with E-state index in [0.29, 0.717) is 22.2 Å². The lowest BCUT2D eigenvalue weighted by Crippen LogP contribution is -2.27. The summed E-state index contributed by atoms with van der Waals surface area (Å²) in [5.74, 6) is 0.641. The molecule has 0 heterocycles. The molecule has 0 aromatic heterocycles. The van der Waals surface area contributed by atoms with Crippen LogP contribution in [0, 0.1) is 0 Å². The maximum Gasteiger partial charge on any atom is 0.250 e. The van der Waals surface area contributed by atoms with Gasteiger partial charge >= 0.3 is 0 Å². The molecule has 0 saturated carbocycles. The van der Waals surface area contributed by atoms with E-state index in [9.17, 15) is 4.79 Å². The lowest BCUT2D eigenvalue weighted by Gasteiger charge is -2.19. The molecule has 0 aliphatic carbocycles. The van der Waals surface area contributed by atoms with Crippen LogP contribution < -0.4 is 14.8 Å². The number of nitrogens with one attached hydrogen (secondary N) is 1. The molecule has 0 radical (unpaired) electrons. The number of carbonyl (C=O) groups excluding carboxylic acids is 1. The lowest BCUT2D eigenvalue weighted by atomic mass is 10.2. The smallest absolute Gasteiger partial charge is 0.250 e. The first-order chi connectivity index (χ1) is 9.26. The van der Waals surface area contributed by atoms with Gasteiger partial charge in [-0.3, -0.25) is 4.79 Å². The first-order valence-electron chi connectivity index (χ1n) is 6.12. The van der Waals surface area contributed by atoms with Gasteiger partial charge in [-0.2, -0.15) is 0 Å². The van der Waals surface area contributed by atoms with E-state index in [-0.39, 0.29) is 18.1 Å². The molecule has 0 aliphatic heterocycles. The minimum absolute atomic E-state index is 0.0441. The highest BCUT2D eigenvalue weighted by molar-refractivity contribution is 6.32. The van der Waals surface area contributed by atoms with Crippen molar-refractivity contribution in [1.82, 2.24) is 0 Å². The molecule has 6 heteroatoms. The molecular weight excluding hydrogens is 282 g/mol. The zero-order valence-electron chi connectivity index (χ0n) is 12.4. The normalized spacial score (nSPS) is 11.1.